The van der Waals surface area contributed by atoms with Gasteiger partial charge in [-0.15, -0.1) is 0 Å². The highest BCUT2D eigenvalue weighted by molar-refractivity contribution is 9.10. The Morgan fingerprint density at radius 2 is 2.09 bits per heavy atom. The van der Waals surface area contributed by atoms with Gasteiger partial charge >= 0.3 is 0 Å². The van der Waals surface area contributed by atoms with Gasteiger partial charge in [-0.2, -0.15) is 0 Å². The molecule has 2 unspecified atom stereocenters. The fourth-order valence-electron chi connectivity index (χ4n) is 3.18. The van der Waals surface area contributed by atoms with Crippen LogP contribution in [0.4, 0.5) is 5.69 Å². The van der Waals surface area contributed by atoms with E-state index in [0.29, 0.717) is 12.1 Å². The lowest BCUT2D eigenvalue weighted by Gasteiger charge is -2.39. The lowest BCUT2D eigenvalue weighted by Crippen LogP contribution is -2.61. The number of rotatable bonds is 2. The molecule has 6 nitrogen and oxygen atoms in total. The van der Waals surface area contributed by atoms with Crippen LogP contribution in [0.3, 0.4) is 0 Å². The van der Waals surface area contributed by atoms with E-state index in [0.717, 1.165) is 10.0 Å². The summed E-state index contributed by atoms with van der Waals surface area (Å²) in [5, 5.41) is 19.3. The third-order valence-corrected chi connectivity index (χ3v) is 4.62. The number of piperazine rings is 1. The Labute approximate surface area is 136 Å². The van der Waals surface area contributed by atoms with Crippen molar-refractivity contribution in [3.05, 3.63) is 28.2 Å². The highest BCUT2D eigenvalue weighted by atomic mass is 79.9. The Balaban J connectivity index is 2.04. The van der Waals surface area contributed by atoms with Crippen molar-refractivity contribution in [3.8, 4) is 0 Å². The van der Waals surface area contributed by atoms with Crippen molar-refractivity contribution in [1.82, 2.24) is 4.90 Å². The molecule has 2 aliphatic heterocycles. The summed E-state index contributed by atoms with van der Waals surface area (Å²) in [5.41, 5.74) is 1.54. The SMILES string of the molecule is O=C1C2CC(O)Cc3cc(Br)ccc3N2C(=O)CN1CCO. The predicted molar refractivity (Wildman–Crippen MR) is 83.4 cm³/mol. The summed E-state index contributed by atoms with van der Waals surface area (Å²) < 4.78 is 0.870. The number of hydrogen-bond donors (Lipinski definition) is 2. The zero-order chi connectivity index (χ0) is 15.9. The van der Waals surface area contributed by atoms with Gasteiger partial charge in [0, 0.05) is 29.5 Å². The van der Waals surface area contributed by atoms with Crippen LogP contribution in [-0.4, -0.2) is 58.8 Å². The minimum absolute atomic E-state index is 0.0402. The molecule has 0 saturated carbocycles. The second kappa shape index (κ2) is 5.98. The van der Waals surface area contributed by atoms with Crippen molar-refractivity contribution in [2.45, 2.75) is 25.0 Å². The molecule has 2 aliphatic rings. The maximum atomic E-state index is 12.6. The molecule has 2 N–H and O–H groups in total. The number of amides is 2. The molecule has 0 radical (unpaired) electrons. The summed E-state index contributed by atoms with van der Waals surface area (Å²) in [7, 11) is 0. The summed E-state index contributed by atoms with van der Waals surface area (Å²) in [6.07, 6.45) is -0.0740. The number of benzene rings is 1. The van der Waals surface area contributed by atoms with Crippen LogP contribution in [0.25, 0.3) is 0 Å². The average molecular weight is 369 g/mol. The van der Waals surface area contributed by atoms with Gasteiger partial charge in [0.25, 0.3) is 0 Å². The number of nitrogens with zero attached hydrogens (tertiary/aromatic N) is 2. The van der Waals surface area contributed by atoms with Crippen molar-refractivity contribution in [2.75, 3.05) is 24.6 Å². The number of β-amino-alcohol motifs (C(OH)–C–C–N with tert-alkyl or cyclic N) is 1. The smallest absolute Gasteiger partial charge is 0.247 e. The van der Waals surface area contributed by atoms with Gasteiger partial charge in [0.1, 0.15) is 12.6 Å². The molecule has 3 rings (SSSR count). The van der Waals surface area contributed by atoms with Gasteiger partial charge in [-0.25, -0.2) is 0 Å². The van der Waals surface area contributed by atoms with E-state index in [-0.39, 0.29) is 37.9 Å². The van der Waals surface area contributed by atoms with E-state index in [2.05, 4.69) is 15.9 Å². The van der Waals surface area contributed by atoms with Crippen LogP contribution >= 0.6 is 15.9 Å². The van der Waals surface area contributed by atoms with Crippen molar-refractivity contribution in [2.24, 2.45) is 0 Å². The van der Waals surface area contributed by atoms with Crippen molar-refractivity contribution in [1.29, 1.82) is 0 Å². The first-order valence-electron chi connectivity index (χ1n) is 7.19. The number of halogens is 1. The normalized spacial score (nSPS) is 24.9. The number of aliphatic hydroxyl groups excluding tert-OH is 2. The van der Waals surface area contributed by atoms with Crippen molar-refractivity contribution in [3.63, 3.8) is 0 Å². The van der Waals surface area contributed by atoms with Gasteiger partial charge in [-0.05, 0) is 23.8 Å². The molecule has 2 atom stereocenters. The molecule has 0 aromatic heterocycles. The molecule has 2 heterocycles. The molecular weight excluding hydrogens is 352 g/mol. The average Bonchev–Trinajstić information content (AvgIpc) is 2.60. The minimum Gasteiger partial charge on any atom is -0.395 e. The Morgan fingerprint density at radius 1 is 1.32 bits per heavy atom. The maximum Gasteiger partial charge on any atom is 0.247 e. The molecule has 1 fully saturated rings. The first kappa shape index (κ1) is 15.5. The van der Waals surface area contributed by atoms with Crippen LogP contribution in [0.1, 0.15) is 12.0 Å². The molecule has 0 bridgehead atoms. The van der Waals surface area contributed by atoms with Crippen LogP contribution in [0.5, 0.6) is 0 Å². The van der Waals surface area contributed by atoms with E-state index in [4.69, 9.17) is 5.11 Å². The van der Waals surface area contributed by atoms with E-state index in [9.17, 15) is 14.7 Å². The lowest BCUT2D eigenvalue weighted by atomic mass is 10.0. The highest BCUT2D eigenvalue weighted by Crippen LogP contribution is 2.34. The van der Waals surface area contributed by atoms with Crippen LogP contribution in [0, 0.1) is 0 Å². The van der Waals surface area contributed by atoms with Crippen molar-refractivity contribution < 1.29 is 19.8 Å². The first-order chi connectivity index (χ1) is 10.5. The van der Waals surface area contributed by atoms with E-state index in [1.807, 2.05) is 12.1 Å². The Morgan fingerprint density at radius 3 is 2.82 bits per heavy atom. The summed E-state index contributed by atoms with van der Waals surface area (Å²) in [5.74, 6) is -0.404. The zero-order valence-corrected chi connectivity index (χ0v) is 13.5. The maximum absolute atomic E-state index is 12.6. The largest absolute Gasteiger partial charge is 0.395 e. The summed E-state index contributed by atoms with van der Waals surface area (Å²) in [6, 6.07) is 4.80. The second-order valence-electron chi connectivity index (χ2n) is 5.63. The minimum atomic E-state index is -0.703. The topological polar surface area (TPSA) is 81.1 Å². The third kappa shape index (κ3) is 2.64. The predicted octanol–water partition coefficient (Wildman–Crippen LogP) is 0.292. The summed E-state index contributed by atoms with van der Waals surface area (Å²) in [4.78, 5) is 28.0. The Hall–Kier alpha value is -1.44. The number of fused-ring (bicyclic) bond motifs is 3. The summed E-state index contributed by atoms with van der Waals surface area (Å²) >= 11 is 3.39. The molecule has 1 saturated heterocycles. The number of aliphatic hydroxyl groups is 2. The van der Waals surface area contributed by atoms with Gasteiger partial charge in [0.15, 0.2) is 0 Å². The van der Waals surface area contributed by atoms with Gasteiger partial charge in [-0.3, -0.25) is 14.5 Å². The van der Waals surface area contributed by atoms with E-state index >= 15 is 0 Å². The molecule has 2 amide bonds. The van der Waals surface area contributed by atoms with Crippen molar-refractivity contribution >= 4 is 33.4 Å². The molecule has 1 aromatic carbocycles. The molecule has 0 spiro atoms. The molecular formula is C15H17BrN2O4. The van der Waals surface area contributed by atoms with E-state index in [1.54, 1.807) is 6.07 Å². The fraction of sp³-hybridized carbons (Fsp3) is 0.467. The van der Waals surface area contributed by atoms with E-state index in [1.165, 1.54) is 9.80 Å². The number of hydrogen-bond acceptors (Lipinski definition) is 4. The highest BCUT2D eigenvalue weighted by Gasteiger charge is 2.43. The van der Waals surface area contributed by atoms with Crippen LogP contribution in [0.2, 0.25) is 0 Å². The molecule has 0 aliphatic carbocycles. The number of carbonyl (C=O) groups excluding carboxylic acids is 2. The van der Waals surface area contributed by atoms with Crippen LogP contribution in [-0.2, 0) is 16.0 Å². The van der Waals surface area contributed by atoms with Crippen LogP contribution < -0.4 is 4.90 Å². The molecule has 1 aromatic rings. The Bertz CT molecular complexity index is 622. The molecule has 22 heavy (non-hydrogen) atoms. The summed E-state index contributed by atoms with van der Waals surface area (Å²) in [6.45, 7) is -0.0858. The second-order valence-corrected chi connectivity index (χ2v) is 6.55. The monoisotopic (exact) mass is 368 g/mol. The number of carbonyl (C=O) groups is 2. The fourth-order valence-corrected chi connectivity index (χ4v) is 3.59. The molecule has 118 valence electrons. The Kier molecular flexibility index (Phi) is 4.20. The lowest BCUT2D eigenvalue weighted by molar-refractivity contribution is -0.142. The third-order valence-electron chi connectivity index (χ3n) is 4.13. The quantitative estimate of drug-likeness (QED) is 0.786. The first-order valence-corrected chi connectivity index (χ1v) is 7.98. The number of anilines is 1. The van der Waals surface area contributed by atoms with Gasteiger partial charge in [0.2, 0.25) is 11.8 Å². The van der Waals surface area contributed by atoms with Gasteiger partial charge in [0.05, 0.1) is 12.7 Å². The van der Waals surface area contributed by atoms with Gasteiger partial charge < -0.3 is 15.1 Å². The van der Waals surface area contributed by atoms with E-state index < -0.39 is 12.1 Å². The van der Waals surface area contributed by atoms with Crippen LogP contribution in [0.15, 0.2) is 22.7 Å². The standard InChI is InChI=1S/C15H17BrN2O4/c16-10-1-2-12-9(5-10)6-11(20)7-13-15(22)17(3-4-19)8-14(21)18(12)13/h1-2,5,11,13,19-20H,3-4,6-8H2. The molecule has 7 heteroatoms. The zero-order valence-electron chi connectivity index (χ0n) is 11.9. The van der Waals surface area contributed by atoms with Gasteiger partial charge in [-0.1, -0.05) is 15.9 Å².